The molecule has 0 heterocycles. The molecule has 0 saturated heterocycles. The number of alkyl halides is 3. The van der Waals surface area contributed by atoms with Crippen molar-refractivity contribution in [2.24, 2.45) is 0 Å². The molecule has 0 aliphatic carbocycles. The third-order valence-electron chi connectivity index (χ3n) is 4.46. The number of halogens is 3. The van der Waals surface area contributed by atoms with Gasteiger partial charge in [-0.05, 0) is 54.5 Å². The quantitative estimate of drug-likeness (QED) is 0.169. The topological polar surface area (TPSA) is 35.5 Å². The maximum atomic E-state index is 12.5. The van der Waals surface area contributed by atoms with Gasteiger partial charge in [0, 0.05) is 6.08 Å². The van der Waals surface area contributed by atoms with E-state index in [1.54, 1.807) is 24.3 Å². The summed E-state index contributed by atoms with van der Waals surface area (Å²) < 4.78 is 48.5. The number of unbranched alkanes of at least 4 members (excludes halogenated alkanes) is 5. The third kappa shape index (κ3) is 8.72. The van der Waals surface area contributed by atoms with Crippen molar-refractivity contribution in [1.29, 1.82) is 0 Å². The third-order valence-corrected chi connectivity index (χ3v) is 4.46. The first-order valence-electron chi connectivity index (χ1n) is 10.2. The first kappa shape index (κ1) is 23.5. The average molecular weight is 420 g/mol. The van der Waals surface area contributed by atoms with Gasteiger partial charge in [0.2, 0.25) is 0 Å². The van der Waals surface area contributed by atoms with Crippen LogP contribution in [0.2, 0.25) is 0 Å². The standard InChI is InChI=1S/C24H27F3O3/c1-2-3-4-5-6-7-18-29-21-13-15-22(16-14-21)30-23(28)17-10-19-8-11-20(12-9-19)24(25,26)27/h8-17H,2-7,18H2,1H3/b17-10+. The van der Waals surface area contributed by atoms with Crippen LogP contribution in [0, 0.1) is 0 Å². The monoisotopic (exact) mass is 420 g/mol. The molecular weight excluding hydrogens is 393 g/mol. The fourth-order valence-corrected chi connectivity index (χ4v) is 2.77. The summed E-state index contributed by atoms with van der Waals surface area (Å²) in [5.74, 6) is 0.461. The van der Waals surface area contributed by atoms with Crippen molar-refractivity contribution < 1.29 is 27.4 Å². The van der Waals surface area contributed by atoms with Crippen LogP contribution in [0.1, 0.15) is 56.6 Å². The molecule has 0 aromatic heterocycles. The van der Waals surface area contributed by atoms with Crippen LogP contribution in [0.3, 0.4) is 0 Å². The number of carbonyl (C=O) groups excluding carboxylic acids is 1. The van der Waals surface area contributed by atoms with E-state index in [2.05, 4.69) is 6.92 Å². The highest BCUT2D eigenvalue weighted by Crippen LogP contribution is 2.29. The normalized spacial score (nSPS) is 11.6. The maximum absolute atomic E-state index is 12.5. The van der Waals surface area contributed by atoms with Gasteiger partial charge in [0.1, 0.15) is 11.5 Å². The van der Waals surface area contributed by atoms with Crippen LogP contribution in [-0.2, 0) is 11.0 Å². The highest BCUT2D eigenvalue weighted by atomic mass is 19.4. The number of esters is 1. The zero-order valence-electron chi connectivity index (χ0n) is 17.1. The van der Waals surface area contributed by atoms with Gasteiger partial charge in [-0.2, -0.15) is 13.2 Å². The van der Waals surface area contributed by atoms with Crippen molar-refractivity contribution in [1.82, 2.24) is 0 Å². The zero-order valence-corrected chi connectivity index (χ0v) is 17.1. The highest BCUT2D eigenvalue weighted by molar-refractivity contribution is 5.88. The summed E-state index contributed by atoms with van der Waals surface area (Å²) in [6.07, 6.45) is 5.36. The minimum Gasteiger partial charge on any atom is -0.494 e. The van der Waals surface area contributed by atoms with Crippen molar-refractivity contribution in [3.63, 3.8) is 0 Å². The fraction of sp³-hybridized carbons (Fsp3) is 0.375. The fourth-order valence-electron chi connectivity index (χ4n) is 2.77. The smallest absolute Gasteiger partial charge is 0.416 e. The average Bonchev–Trinajstić information content (AvgIpc) is 2.72. The van der Waals surface area contributed by atoms with Crippen LogP contribution in [0.15, 0.2) is 54.6 Å². The Morgan fingerprint density at radius 3 is 2.10 bits per heavy atom. The molecule has 3 nitrogen and oxygen atoms in total. The van der Waals surface area contributed by atoms with Gasteiger partial charge >= 0.3 is 12.1 Å². The number of hydrogen-bond acceptors (Lipinski definition) is 3. The first-order chi connectivity index (χ1) is 14.4. The van der Waals surface area contributed by atoms with E-state index in [9.17, 15) is 18.0 Å². The van der Waals surface area contributed by atoms with Gasteiger partial charge in [0.25, 0.3) is 0 Å². The van der Waals surface area contributed by atoms with Gasteiger partial charge < -0.3 is 9.47 Å². The molecule has 0 saturated carbocycles. The molecule has 30 heavy (non-hydrogen) atoms. The van der Waals surface area contributed by atoms with E-state index in [-0.39, 0.29) is 0 Å². The molecule has 0 aliphatic rings. The Morgan fingerprint density at radius 1 is 0.867 bits per heavy atom. The molecule has 2 rings (SSSR count). The maximum Gasteiger partial charge on any atom is 0.416 e. The lowest BCUT2D eigenvalue weighted by molar-refractivity contribution is -0.137. The molecule has 0 atom stereocenters. The number of benzene rings is 2. The number of ether oxygens (including phenoxy) is 2. The SMILES string of the molecule is CCCCCCCCOc1ccc(OC(=O)/C=C/c2ccc(C(F)(F)F)cc2)cc1. The summed E-state index contributed by atoms with van der Waals surface area (Å²) in [5.41, 5.74) is -0.264. The van der Waals surface area contributed by atoms with Crippen LogP contribution in [0.4, 0.5) is 13.2 Å². The molecule has 0 amide bonds. The molecule has 0 fully saturated rings. The Kier molecular flexibility index (Phi) is 9.45. The molecule has 0 spiro atoms. The molecule has 6 heteroatoms. The Hall–Kier alpha value is -2.76. The van der Waals surface area contributed by atoms with Crippen molar-refractivity contribution in [2.45, 2.75) is 51.6 Å². The van der Waals surface area contributed by atoms with Crippen molar-refractivity contribution >= 4 is 12.0 Å². The summed E-state index contributed by atoms with van der Waals surface area (Å²) in [7, 11) is 0. The zero-order chi connectivity index (χ0) is 21.8. The summed E-state index contributed by atoms with van der Waals surface area (Å²) in [6.45, 7) is 2.85. The van der Waals surface area contributed by atoms with Gasteiger partial charge in [0.15, 0.2) is 0 Å². The van der Waals surface area contributed by atoms with Crippen LogP contribution < -0.4 is 9.47 Å². The van der Waals surface area contributed by atoms with Gasteiger partial charge in [0.05, 0.1) is 12.2 Å². The largest absolute Gasteiger partial charge is 0.494 e. The summed E-state index contributed by atoms with van der Waals surface area (Å²) in [4.78, 5) is 11.9. The Labute approximate surface area is 175 Å². The second kappa shape index (κ2) is 12.1. The minimum absolute atomic E-state index is 0.365. The van der Waals surface area contributed by atoms with Crippen LogP contribution in [0.5, 0.6) is 11.5 Å². The lowest BCUT2D eigenvalue weighted by atomic mass is 10.1. The van der Waals surface area contributed by atoms with E-state index in [0.717, 1.165) is 25.0 Å². The summed E-state index contributed by atoms with van der Waals surface area (Å²) >= 11 is 0. The van der Waals surface area contributed by atoms with Gasteiger partial charge in [-0.25, -0.2) is 4.79 Å². The molecule has 0 bridgehead atoms. The van der Waals surface area contributed by atoms with Gasteiger partial charge in [-0.1, -0.05) is 51.2 Å². The predicted molar refractivity (Wildman–Crippen MR) is 111 cm³/mol. The van der Waals surface area contributed by atoms with E-state index >= 15 is 0 Å². The summed E-state index contributed by atoms with van der Waals surface area (Å²) in [6, 6.07) is 11.3. The molecule has 2 aromatic rings. The number of carbonyl (C=O) groups is 1. The minimum atomic E-state index is -4.38. The lowest BCUT2D eigenvalue weighted by Crippen LogP contribution is -2.04. The predicted octanol–water partition coefficient (Wildman–Crippen LogP) is 7.06. The molecule has 0 unspecified atom stereocenters. The van der Waals surface area contributed by atoms with E-state index < -0.39 is 17.7 Å². The first-order valence-corrected chi connectivity index (χ1v) is 10.2. The molecule has 0 N–H and O–H groups in total. The molecule has 0 radical (unpaired) electrons. The van der Waals surface area contributed by atoms with E-state index in [4.69, 9.17) is 9.47 Å². The second-order valence-electron chi connectivity index (χ2n) is 6.96. The molecule has 0 aliphatic heterocycles. The van der Waals surface area contributed by atoms with Gasteiger partial charge in [-0.3, -0.25) is 0 Å². The molecular formula is C24H27F3O3. The lowest BCUT2D eigenvalue weighted by Gasteiger charge is -2.07. The Balaban J connectivity index is 1.74. The Morgan fingerprint density at radius 2 is 1.47 bits per heavy atom. The molecule has 162 valence electrons. The van der Waals surface area contributed by atoms with Crippen molar-refractivity contribution in [3.05, 3.63) is 65.7 Å². The van der Waals surface area contributed by atoms with Crippen LogP contribution in [0.25, 0.3) is 6.08 Å². The van der Waals surface area contributed by atoms with Gasteiger partial charge in [-0.15, -0.1) is 0 Å². The van der Waals surface area contributed by atoms with E-state index in [0.29, 0.717) is 23.7 Å². The van der Waals surface area contributed by atoms with Crippen molar-refractivity contribution in [3.8, 4) is 11.5 Å². The Bertz CT molecular complexity index is 794. The molecule has 2 aromatic carbocycles. The highest BCUT2D eigenvalue weighted by Gasteiger charge is 2.29. The van der Waals surface area contributed by atoms with E-state index in [1.165, 1.54) is 50.0 Å². The second-order valence-corrected chi connectivity index (χ2v) is 6.96. The number of hydrogen-bond donors (Lipinski definition) is 0. The van der Waals surface area contributed by atoms with Crippen molar-refractivity contribution in [2.75, 3.05) is 6.61 Å². The van der Waals surface area contributed by atoms with Crippen LogP contribution in [-0.4, -0.2) is 12.6 Å². The van der Waals surface area contributed by atoms with Crippen LogP contribution >= 0.6 is 0 Å². The summed E-state index contributed by atoms with van der Waals surface area (Å²) in [5, 5.41) is 0. The van der Waals surface area contributed by atoms with E-state index in [1.807, 2.05) is 0 Å². The number of rotatable bonds is 11.